The van der Waals surface area contributed by atoms with Crippen LogP contribution in [0.25, 0.3) is 10.6 Å². The van der Waals surface area contributed by atoms with Gasteiger partial charge in [0.15, 0.2) is 0 Å². The van der Waals surface area contributed by atoms with Crippen molar-refractivity contribution in [2.75, 3.05) is 5.32 Å². The predicted octanol–water partition coefficient (Wildman–Crippen LogP) is 2.59. The van der Waals surface area contributed by atoms with Crippen molar-refractivity contribution in [2.24, 2.45) is 0 Å². The Labute approximate surface area is 134 Å². The average Bonchev–Trinajstić information content (AvgIpc) is 2.90. The Morgan fingerprint density at radius 3 is 2.70 bits per heavy atom. The molecule has 6 nitrogen and oxygen atoms in total. The number of rotatable bonds is 3. The number of carbonyl (C=O) groups is 1. The van der Waals surface area contributed by atoms with Crippen LogP contribution < -0.4 is 11.0 Å². The molecule has 3 aromatic rings. The molecule has 8 heteroatoms. The molecule has 1 aromatic carbocycles. The van der Waals surface area contributed by atoms with Gasteiger partial charge in [0.25, 0.3) is 5.91 Å². The predicted molar refractivity (Wildman–Crippen MR) is 85.1 cm³/mol. The number of aromatic amines is 1. The zero-order valence-electron chi connectivity index (χ0n) is 12.0. The van der Waals surface area contributed by atoms with E-state index in [1.165, 1.54) is 35.7 Å². The second kappa shape index (κ2) is 6.09. The largest absolute Gasteiger partial charge is 0.346 e. The topological polar surface area (TPSA) is 87.7 Å². The molecule has 3 rings (SSSR count). The molecule has 116 valence electrons. The van der Waals surface area contributed by atoms with Gasteiger partial charge >= 0.3 is 5.69 Å². The van der Waals surface area contributed by atoms with Crippen LogP contribution in [0.15, 0.2) is 41.3 Å². The highest BCUT2D eigenvalue weighted by atomic mass is 32.1. The van der Waals surface area contributed by atoms with Crippen molar-refractivity contribution in [1.82, 2.24) is 15.0 Å². The molecule has 0 bridgehead atoms. The number of nitrogens with one attached hydrogen (secondary N) is 2. The quantitative estimate of drug-likeness (QED) is 0.772. The van der Waals surface area contributed by atoms with Crippen LogP contribution in [-0.2, 0) is 0 Å². The van der Waals surface area contributed by atoms with Crippen LogP contribution in [0.1, 0.15) is 15.4 Å². The number of benzene rings is 1. The lowest BCUT2D eigenvalue weighted by Crippen LogP contribution is -2.17. The van der Waals surface area contributed by atoms with Gasteiger partial charge in [-0.1, -0.05) is 0 Å². The number of thiazole rings is 1. The number of aromatic nitrogens is 3. The Hall–Kier alpha value is -2.87. The van der Waals surface area contributed by atoms with Gasteiger partial charge in [-0.15, -0.1) is 11.3 Å². The van der Waals surface area contributed by atoms with Crippen LogP contribution in [0.2, 0.25) is 0 Å². The van der Waals surface area contributed by atoms with Gasteiger partial charge in [0.1, 0.15) is 21.5 Å². The zero-order chi connectivity index (χ0) is 16.4. The maximum absolute atomic E-state index is 13.0. The monoisotopic (exact) mass is 330 g/mol. The first-order valence-electron chi connectivity index (χ1n) is 6.63. The SMILES string of the molecule is Cc1nc(-c2ccc(F)cc2)sc1C(=O)Nc1ccnc(=O)[nH]1. The fraction of sp³-hybridized carbons (Fsp3) is 0.0667. The highest BCUT2D eigenvalue weighted by Gasteiger charge is 2.16. The summed E-state index contributed by atoms with van der Waals surface area (Å²) in [6.45, 7) is 1.72. The summed E-state index contributed by atoms with van der Waals surface area (Å²) in [5.41, 5.74) is 0.745. The first-order chi connectivity index (χ1) is 11.0. The molecule has 0 aliphatic carbocycles. The van der Waals surface area contributed by atoms with Gasteiger partial charge < -0.3 is 5.32 Å². The highest BCUT2D eigenvalue weighted by molar-refractivity contribution is 7.17. The van der Waals surface area contributed by atoms with Gasteiger partial charge in [-0.2, -0.15) is 0 Å². The van der Waals surface area contributed by atoms with E-state index in [0.29, 0.717) is 15.6 Å². The fourth-order valence-corrected chi connectivity index (χ4v) is 2.91. The number of aryl methyl sites for hydroxylation is 1. The summed E-state index contributed by atoms with van der Waals surface area (Å²) in [5, 5.41) is 3.21. The molecule has 0 spiro atoms. The third-order valence-electron chi connectivity index (χ3n) is 3.02. The second-order valence-electron chi connectivity index (χ2n) is 4.68. The van der Waals surface area contributed by atoms with E-state index in [-0.39, 0.29) is 17.5 Å². The van der Waals surface area contributed by atoms with E-state index in [9.17, 15) is 14.0 Å². The summed E-state index contributed by atoms with van der Waals surface area (Å²) in [6, 6.07) is 7.38. The third-order valence-corrected chi connectivity index (χ3v) is 4.22. The smallest absolute Gasteiger partial charge is 0.307 e. The van der Waals surface area contributed by atoms with Crippen molar-refractivity contribution in [3.05, 3.63) is 63.4 Å². The van der Waals surface area contributed by atoms with Gasteiger partial charge in [-0.25, -0.2) is 19.2 Å². The number of H-pyrrole nitrogens is 1. The molecule has 2 aromatic heterocycles. The second-order valence-corrected chi connectivity index (χ2v) is 5.68. The Balaban J connectivity index is 1.87. The molecule has 0 aliphatic heterocycles. The summed E-state index contributed by atoms with van der Waals surface area (Å²) >= 11 is 1.20. The summed E-state index contributed by atoms with van der Waals surface area (Å²) in [6.07, 6.45) is 1.30. The normalized spacial score (nSPS) is 10.5. The summed E-state index contributed by atoms with van der Waals surface area (Å²) in [4.78, 5) is 34.1. The van der Waals surface area contributed by atoms with Gasteiger partial charge in [-0.05, 0) is 37.3 Å². The minimum atomic E-state index is -0.546. The number of halogens is 1. The fourth-order valence-electron chi connectivity index (χ4n) is 1.94. The first kappa shape index (κ1) is 15.0. The van der Waals surface area contributed by atoms with Crippen LogP contribution >= 0.6 is 11.3 Å². The molecule has 2 N–H and O–H groups in total. The van der Waals surface area contributed by atoms with E-state index in [0.717, 1.165) is 5.56 Å². The molecule has 0 saturated heterocycles. The van der Waals surface area contributed by atoms with Crippen molar-refractivity contribution in [3.63, 3.8) is 0 Å². The van der Waals surface area contributed by atoms with Gasteiger partial charge in [0.2, 0.25) is 0 Å². The molecule has 1 amide bonds. The van der Waals surface area contributed by atoms with Crippen molar-refractivity contribution >= 4 is 23.1 Å². The Morgan fingerprint density at radius 1 is 1.26 bits per heavy atom. The molecular formula is C15H11FN4O2S. The van der Waals surface area contributed by atoms with Gasteiger partial charge in [-0.3, -0.25) is 9.78 Å². The van der Waals surface area contributed by atoms with E-state index in [4.69, 9.17) is 0 Å². The standard InChI is InChI=1S/C15H11FN4O2S/c1-8-12(13(21)19-11-6-7-17-15(22)20-11)23-14(18-8)9-2-4-10(16)5-3-9/h2-7H,1H3,(H2,17,19,20,21,22). The summed E-state index contributed by atoms with van der Waals surface area (Å²) in [7, 11) is 0. The zero-order valence-corrected chi connectivity index (χ0v) is 12.8. The van der Waals surface area contributed by atoms with Crippen molar-refractivity contribution in [3.8, 4) is 10.6 Å². The molecule has 2 heterocycles. The van der Waals surface area contributed by atoms with Crippen molar-refractivity contribution in [1.29, 1.82) is 0 Å². The number of amides is 1. The van der Waals surface area contributed by atoms with E-state index >= 15 is 0 Å². The van der Waals surface area contributed by atoms with Crippen molar-refractivity contribution in [2.45, 2.75) is 6.92 Å². The molecule has 0 radical (unpaired) electrons. The van der Waals surface area contributed by atoms with Crippen LogP contribution in [0.4, 0.5) is 10.2 Å². The minimum absolute atomic E-state index is 0.256. The van der Waals surface area contributed by atoms with Gasteiger partial charge in [0.05, 0.1) is 5.69 Å². The number of carbonyl (C=O) groups excluding carboxylic acids is 1. The molecular weight excluding hydrogens is 319 g/mol. The average molecular weight is 330 g/mol. The Morgan fingerprint density at radius 2 is 2.00 bits per heavy atom. The molecule has 0 aliphatic rings. The molecule has 0 saturated carbocycles. The van der Waals surface area contributed by atoms with Crippen LogP contribution in [-0.4, -0.2) is 20.9 Å². The highest BCUT2D eigenvalue weighted by Crippen LogP contribution is 2.28. The Bertz CT molecular complexity index is 918. The first-order valence-corrected chi connectivity index (χ1v) is 7.44. The van der Waals surface area contributed by atoms with Crippen LogP contribution in [0.5, 0.6) is 0 Å². The summed E-state index contributed by atoms with van der Waals surface area (Å²) < 4.78 is 13.0. The lowest BCUT2D eigenvalue weighted by Gasteiger charge is -2.02. The number of nitrogens with zero attached hydrogens (tertiary/aromatic N) is 2. The molecule has 0 fully saturated rings. The number of hydrogen-bond donors (Lipinski definition) is 2. The number of anilines is 1. The van der Waals surface area contributed by atoms with E-state index in [1.54, 1.807) is 19.1 Å². The van der Waals surface area contributed by atoms with E-state index in [2.05, 4.69) is 20.3 Å². The van der Waals surface area contributed by atoms with Crippen LogP contribution in [0, 0.1) is 12.7 Å². The van der Waals surface area contributed by atoms with Gasteiger partial charge in [0, 0.05) is 11.8 Å². The van der Waals surface area contributed by atoms with Crippen molar-refractivity contribution < 1.29 is 9.18 Å². The minimum Gasteiger partial charge on any atom is -0.307 e. The lowest BCUT2D eigenvalue weighted by atomic mass is 10.2. The Kier molecular flexibility index (Phi) is 3.98. The van der Waals surface area contributed by atoms with E-state index in [1.807, 2.05) is 0 Å². The third kappa shape index (κ3) is 3.32. The maximum Gasteiger partial charge on any atom is 0.346 e. The number of hydrogen-bond acceptors (Lipinski definition) is 5. The maximum atomic E-state index is 13.0. The van der Waals surface area contributed by atoms with E-state index < -0.39 is 5.69 Å². The lowest BCUT2D eigenvalue weighted by molar-refractivity contribution is 0.102. The molecule has 0 unspecified atom stereocenters. The molecule has 23 heavy (non-hydrogen) atoms. The molecule has 0 atom stereocenters. The summed E-state index contributed by atoms with van der Waals surface area (Å²) in [5.74, 6) is -0.456. The van der Waals surface area contributed by atoms with Crippen LogP contribution in [0.3, 0.4) is 0 Å².